The van der Waals surface area contributed by atoms with E-state index in [1.165, 1.54) is 0 Å². The number of rotatable bonds is 5. The highest BCUT2D eigenvalue weighted by Crippen LogP contribution is 2.27. The summed E-state index contributed by atoms with van der Waals surface area (Å²) in [6, 6.07) is 10.4. The molecule has 4 heterocycles. The molecule has 1 aromatic carbocycles. The number of aryl methyl sites for hydroxylation is 1. The Hall–Kier alpha value is -2.51. The predicted octanol–water partition coefficient (Wildman–Crippen LogP) is 4.40. The summed E-state index contributed by atoms with van der Waals surface area (Å²) in [5, 5.41) is 1.13. The third kappa shape index (κ3) is 4.64. The van der Waals surface area contributed by atoms with Crippen molar-refractivity contribution in [3.63, 3.8) is 0 Å². The molecule has 5 rings (SSSR count). The molecule has 0 aliphatic carbocycles. The van der Waals surface area contributed by atoms with E-state index >= 15 is 0 Å². The summed E-state index contributed by atoms with van der Waals surface area (Å²) in [6.07, 6.45) is 8.96. The van der Waals surface area contributed by atoms with Crippen LogP contribution in [0.15, 0.2) is 42.7 Å². The van der Waals surface area contributed by atoms with Gasteiger partial charge in [-0.1, -0.05) is 6.92 Å². The first-order chi connectivity index (χ1) is 15.7. The lowest BCUT2D eigenvalue weighted by atomic mass is 9.98. The lowest BCUT2D eigenvalue weighted by Crippen LogP contribution is -2.50. The first kappa shape index (κ1) is 21.3. The molecule has 2 aromatic heterocycles. The molecular weight excluding hydrogens is 420 g/mol. The summed E-state index contributed by atoms with van der Waals surface area (Å²) in [4.78, 5) is 26.4. The van der Waals surface area contributed by atoms with Crippen LogP contribution < -0.4 is 4.74 Å². The molecule has 0 spiro atoms. The molecule has 2 aliphatic heterocycles. The minimum Gasteiger partial charge on any atom is -0.490 e. The van der Waals surface area contributed by atoms with Crippen molar-refractivity contribution in [1.82, 2.24) is 19.8 Å². The number of ether oxygens (including phenoxy) is 1. The van der Waals surface area contributed by atoms with Crippen LogP contribution >= 0.6 is 11.3 Å². The zero-order chi connectivity index (χ0) is 21.9. The van der Waals surface area contributed by atoms with Gasteiger partial charge in [-0.15, -0.1) is 11.3 Å². The van der Waals surface area contributed by atoms with Gasteiger partial charge in [-0.25, -0.2) is 4.98 Å². The number of benzene rings is 1. The fourth-order valence-electron chi connectivity index (χ4n) is 4.84. The van der Waals surface area contributed by atoms with Gasteiger partial charge in [-0.2, -0.15) is 0 Å². The van der Waals surface area contributed by atoms with Gasteiger partial charge in [0.25, 0.3) is 5.91 Å². The van der Waals surface area contributed by atoms with E-state index in [1.54, 1.807) is 23.7 Å². The van der Waals surface area contributed by atoms with Crippen LogP contribution in [0.5, 0.6) is 5.75 Å². The van der Waals surface area contributed by atoms with Crippen LogP contribution in [0, 0.1) is 0 Å². The zero-order valence-electron chi connectivity index (χ0n) is 18.6. The fourth-order valence-corrected chi connectivity index (χ4v) is 5.79. The van der Waals surface area contributed by atoms with Crippen molar-refractivity contribution in [3.05, 3.63) is 53.3 Å². The number of aromatic nitrogens is 2. The maximum Gasteiger partial charge on any atom is 0.253 e. The predicted molar refractivity (Wildman–Crippen MR) is 127 cm³/mol. The summed E-state index contributed by atoms with van der Waals surface area (Å²) >= 11 is 1.69. The first-order valence-electron chi connectivity index (χ1n) is 11.7. The highest BCUT2D eigenvalue weighted by atomic mass is 32.1. The van der Waals surface area contributed by atoms with Gasteiger partial charge in [0.1, 0.15) is 11.9 Å². The summed E-state index contributed by atoms with van der Waals surface area (Å²) in [5.41, 5.74) is 1.79. The Bertz CT molecular complexity index is 1050. The van der Waals surface area contributed by atoms with E-state index in [4.69, 9.17) is 4.74 Å². The highest BCUT2D eigenvalue weighted by molar-refractivity contribution is 7.18. The summed E-state index contributed by atoms with van der Waals surface area (Å²) in [7, 11) is 0. The largest absolute Gasteiger partial charge is 0.490 e. The maximum atomic E-state index is 13.1. The van der Waals surface area contributed by atoms with Gasteiger partial charge < -0.3 is 9.64 Å². The molecule has 0 radical (unpaired) electrons. The number of carbonyl (C=O) groups is 1. The number of nitrogens with zero attached hydrogens (tertiary/aromatic N) is 4. The molecule has 0 atom stereocenters. The molecule has 6 nitrogen and oxygen atoms in total. The summed E-state index contributed by atoms with van der Waals surface area (Å²) in [5.74, 6) is 1.06. The van der Waals surface area contributed by atoms with Crippen molar-refractivity contribution in [3.8, 4) is 5.75 Å². The number of thiazole rings is 1. The molecule has 1 amide bonds. The Labute approximate surface area is 193 Å². The number of pyridine rings is 1. The normalized spacial score (nSPS) is 18.8. The topological polar surface area (TPSA) is 58.6 Å². The molecule has 3 aromatic rings. The van der Waals surface area contributed by atoms with Crippen LogP contribution in [-0.2, 0) is 6.42 Å². The van der Waals surface area contributed by atoms with Gasteiger partial charge in [0.05, 0.1) is 15.2 Å². The van der Waals surface area contributed by atoms with Gasteiger partial charge >= 0.3 is 0 Å². The van der Waals surface area contributed by atoms with E-state index in [9.17, 15) is 4.79 Å². The molecule has 2 fully saturated rings. The van der Waals surface area contributed by atoms with Gasteiger partial charge in [-0.3, -0.25) is 14.7 Å². The van der Waals surface area contributed by atoms with Crippen molar-refractivity contribution in [1.29, 1.82) is 0 Å². The smallest absolute Gasteiger partial charge is 0.253 e. The third-order valence-electron chi connectivity index (χ3n) is 6.68. The highest BCUT2D eigenvalue weighted by Gasteiger charge is 2.30. The van der Waals surface area contributed by atoms with E-state index in [-0.39, 0.29) is 12.0 Å². The Morgan fingerprint density at radius 1 is 1.06 bits per heavy atom. The molecule has 0 bridgehead atoms. The zero-order valence-corrected chi connectivity index (χ0v) is 19.4. The number of likely N-dealkylation sites (tertiary alicyclic amines) is 2. The Morgan fingerprint density at radius 3 is 2.53 bits per heavy atom. The van der Waals surface area contributed by atoms with E-state index in [0.29, 0.717) is 6.04 Å². The number of fused-ring (bicyclic) bond motifs is 1. The van der Waals surface area contributed by atoms with E-state index in [1.807, 2.05) is 35.2 Å². The van der Waals surface area contributed by atoms with Crippen LogP contribution in [0.25, 0.3) is 10.2 Å². The van der Waals surface area contributed by atoms with Gasteiger partial charge in [0.15, 0.2) is 0 Å². The summed E-state index contributed by atoms with van der Waals surface area (Å²) in [6.45, 7) is 5.91. The molecule has 0 N–H and O–H groups in total. The second-order valence-electron chi connectivity index (χ2n) is 8.70. The molecule has 168 valence electrons. The monoisotopic (exact) mass is 450 g/mol. The van der Waals surface area contributed by atoms with Gasteiger partial charge in [-0.05, 0) is 62.4 Å². The SMILES string of the molecule is CCc1nc2ccc(C(=O)N3CCC(N4CCC(Oc5ccncc5)CC4)CC3)cc2s1. The van der Waals surface area contributed by atoms with Crippen molar-refractivity contribution >= 4 is 27.5 Å². The van der Waals surface area contributed by atoms with Crippen molar-refractivity contribution in [2.45, 2.75) is 51.2 Å². The minimum absolute atomic E-state index is 0.154. The van der Waals surface area contributed by atoms with Crippen LogP contribution in [0.2, 0.25) is 0 Å². The lowest BCUT2D eigenvalue weighted by molar-refractivity contribution is 0.0425. The van der Waals surface area contributed by atoms with Gasteiger partial charge in [0.2, 0.25) is 0 Å². The third-order valence-corrected chi connectivity index (χ3v) is 7.84. The quantitative estimate of drug-likeness (QED) is 0.577. The van der Waals surface area contributed by atoms with Crippen LogP contribution in [-0.4, -0.2) is 64.0 Å². The molecular formula is C25H30N4O2S. The van der Waals surface area contributed by atoms with E-state index < -0.39 is 0 Å². The van der Waals surface area contributed by atoms with E-state index in [2.05, 4.69) is 21.8 Å². The number of carbonyl (C=O) groups excluding carboxylic acids is 1. The van der Waals surface area contributed by atoms with Crippen molar-refractivity contribution in [2.75, 3.05) is 26.2 Å². The number of hydrogen-bond donors (Lipinski definition) is 0. The molecule has 0 unspecified atom stereocenters. The average Bonchev–Trinajstić information content (AvgIpc) is 3.27. The average molecular weight is 451 g/mol. The van der Waals surface area contributed by atoms with Crippen LogP contribution in [0.4, 0.5) is 0 Å². The number of hydrogen-bond acceptors (Lipinski definition) is 6. The summed E-state index contributed by atoms with van der Waals surface area (Å²) < 4.78 is 7.22. The Kier molecular flexibility index (Phi) is 6.37. The van der Waals surface area contributed by atoms with Crippen molar-refractivity contribution < 1.29 is 9.53 Å². The minimum atomic E-state index is 0.154. The maximum absolute atomic E-state index is 13.1. The second-order valence-corrected chi connectivity index (χ2v) is 9.82. The molecule has 7 heteroatoms. The Balaban J connectivity index is 1.12. The molecule has 2 aliphatic rings. The Morgan fingerprint density at radius 2 is 1.81 bits per heavy atom. The van der Waals surface area contributed by atoms with Crippen LogP contribution in [0.1, 0.15) is 48.0 Å². The lowest BCUT2D eigenvalue weighted by Gasteiger charge is -2.41. The number of amides is 1. The fraction of sp³-hybridized carbons (Fsp3) is 0.480. The van der Waals surface area contributed by atoms with Gasteiger partial charge in [0, 0.05) is 50.2 Å². The molecule has 2 saturated heterocycles. The van der Waals surface area contributed by atoms with Crippen LogP contribution in [0.3, 0.4) is 0 Å². The van der Waals surface area contributed by atoms with E-state index in [0.717, 1.165) is 84.8 Å². The molecule has 32 heavy (non-hydrogen) atoms. The number of piperidine rings is 2. The first-order valence-corrected chi connectivity index (χ1v) is 12.5. The van der Waals surface area contributed by atoms with Crippen molar-refractivity contribution in [2.24, 2.45) is 0 Å². The second kappa shape index (κ2) is 9.55. The molecule has 0 saturated carbocycles. The standard InChI is InChI=1S/C25H30N4O2S/c1-2-24-27-22-4-3-18(17-23(22)32-24)25(30)29-13-7-19(8-14-29)28-15-9-21(10-16-28)31-20-5-11-26-12-6-20/h3-6,11-12,17,19,21H,2,7-10,13-16H2,1H3.